The lowest BCUT2D eigenvalue weighted by molar-refractivity contribution is -0.128. The van der Waals surface area contributed by atoms with Gasteiger partial charge in [-0.25, -0.2) is 10.4 Å². The Labute approximate surface area is 202 Å². The maximum absolute atomic E-state index is 13.2. The van der Waals surface area contributed by atoms with Gasteiger partial charge in [0.15, 0.2) is 0 Å². The number of carbonyl (C=O) groups is 2. The van der Waals surface area contributed by atoms with Crippen LogP contribution in [0.4, 0.5) is 5.69 Å². The predicted octanol–water partition coefficient (Wildman–Crippen LogP) is 2.76. The molecule has 5 rings (SSSR count). The summed E-state index contributed by atoms with van der Waals surface area (Å²) in [7, 11) is 0. The molecule has 3 N–H and O–H groups in total. The third-order valence-corrected chi connectivity index (χ3v) is 8.25. The number of hydrogen-bond acceptors (Lipinski definition) is 6. The topological polar surface area (TPSA) is 100 Å². The molecule has 8 heteroatoms. The highest BCUT2D eigenvalue weighted by molar-refractivity contribution is 5.96. The minimum absolute atomic E-state index is 0.0517. The van der Waals surface area contributed by atoms with Crippen LogP contribution in [-0.4, -0.2) is 58.6 Å². The lowest BCUT2D eigenvalue weighted by Gasteiger charge is -2.34. The summed E-state index contributed by atoms with van der Waals surface area (Å²) in [5.41, 5.74) is 6.12. The maximum atomic E-state index is 13.2. The van der Waals surface area contributed by atoms with Gasteiger partial charge < -0.3 is 15.5 Å². The number of nitrogens with zero attached hydrogens (tertiary/aromatic N) is 3. The van der Waals surface area contributed by atoms with Crippen molar-refractivity contribution >= 4 is 17.5 Å². The van der Waals surface area contributed by atoms with E-state index in [1.807, 2.05) is 30.0 Å². The number of fused-ring (bicyclic) bond motifs is 1. The van der Waals surface area contributed by atoms with Crippen molar-refractivity contribution < 1.29 is 9.59 Å². The van der Waals surface area contributed by atoms with Gasteiger partial charge in [-0.2, -0.15) is 5.26 Å². The zero-order valence-corrected chi connectivity index (χ0v) is 20.4. The minimum atomic E-state index is -0.259. The first-order chi connectivity index (χ1) is 16.4. The molecule has 3 unspecified atom stereocenters. The molecule has 4 fully saturated rings. The van der Waals surface area contributed by atoms with Gasteiger partial charge in [0, 0.05) is 42.0 Å². The number of nitriles is 1. The number of carbonyl (C=O) groups excluding carboxylic acids is 2. The van der Waals surface area contributed by atoms with E-state index < -0.39 is 0 Å². The summed E-state index contributed by atoms with van der Waals surface area (Å²) >= 11 is 0. The number of benzene rings is 1. The fraction of sp³-hybridized carbons (Fsp3) is 0.654. The first-order valence-corrected chi connectivity index (χ1v) is 12.8. The average Bonchev–Trinajstić information content (AvgIpc) is 3.50. The van der Waals surface area contributed by atoms with Crippen molar-refractivity contribution in [2.24, 2.45) is 11.8 Å². The normalized spacial score (nSPS) is 32.1. The van der Waals surface area contributed by atoms with E-state index in [2.05, 4.69) is 41.0 Å². The molecule has 1 aromatic carbocycles. The lowest BCUT2D eigenvalue weighted by atomic mass is 9.90. The van der Waals surface area contributed by atoms with Crippen molar-refractivity contribution in [1.29, 1.82) is 5.26 Å². The Hall–Kier alpha value is -2.63. The summed E-state index contributed by atoms with van der Waals surface area (Å²) in [5, 5.41) is 18.2. The maximum Gasteiger partial charge on any atom is 0.254 e. The predicted molar refractivity (Wildman–Crippen MR) is 130 cm³/mol. The number of piperidine rings is 1. The fourth-order valence-electron chi connectivity index (χ4n) is 6.28. The van der Waals surface area contributed by atoms with E-state index in [1.165, 1.54) is 0 Å². The van der Waals surface area contributed by atoms with Gasteiger partial charge in [-0.3, -0.25) is 9.59 Å². The SMILES string of the molecule is Cc1cc(NC2NN([C@@H](CC#N)C3CC3)C3CCNC(=O)C23)ccc1C(=O)N1[C@H](C)CC[C@H]1C. The highest BCUT2D eigenvalue weighted by Gasteiger charge is 2.51. The number of hydrazine groups is 1. The third kappa shape index (κ3) is 4.16. The Balaban J connectivity index is 1.35. The van der Waals surface area contributed by atoms with Crippen LogP contribution in [-0.2, 0) is 4.79 Å². The van der Waals surface area contributed by atoms with Gasteiger partial charge in [-0.1, -0.05) is 0 Å². The zero-order valence-electron chi connectivity index (χ0n) is 20.4. The molecule has 4 aliphatic rings. The molecule has 3 saturated heterocycles. The van der Waals surface area contributed by atoms with Crippen LogP contribution in [0.15, 0.2) is 18.2 Å². The summed E-state index contributed by atoms with van der Waals surface area (Å²) in [5.74, 6) is 0.444. The summed E-state index contributed by atoms with van der Waals surface area (Å²) in [4.78, 5) is 28.1. The smallest absolute Gasteiger partial charge is 0.254 e. The Morgan fingerprint density at radius 1 is 1.21 bits per heavy atom. The van der Waals surface area contributed by atoms with Gasteiger partial charge in [0.05, 0.1) is 18.4 Å². The van der Waals surface area contributed by atoms with E-state index in [0.717, 1.165) is 48.9 Å². The molecule has 8 nitrogen and oxygen atoms in total. The highest BCUT2D eigenvalue weighted by atomic mass is 16.2. The Morgan fingerprint density at radius 3 is 2.59 bits per heavy atom. The molecular weight excluding hydrogens is 428 g/mol. The first-order valence-electron chi connectivity index (χ1n) is 12.8. The van der Waals surface area contributed by atoms with Crippen molar-refractivity contribution in [2.75, 3.05) is 11.9 Å². The first kappa shape index (κ1) is 23.1. The van der Waals surface area contributed by atoms with Gasteiger partial charge >= 0.3 is 0 Å². The number of likely N-dealkylation sites (tertiary alicyclic amines) is 1. The van der Waals surface area contributed by atoms with Gasteiger partial charge in [-0.15, -0.1) is 0 Å². The van der Waals surface area contributed by atoms with Crippen molar-refractivity contribution in [3.05, 3.63) is 29.3 Å². The second kappa shape index (κ2) is 9.20. The highest BCUT2D eigenvalue weighted by Crippen LogP contribution is 2.41. The van der Waals surface area contributed by atoms with Gasteiger partial charge in [-0.05, 0) is 82.6 Å². The number of anilines is 1. The van der Waals surface area contributed by atoms with Gasteiger partial charge in [0.1, 0.15) is 6.17 Å². The number of nitrogens with one attached hydrogen (secondary N) is 3. The summed E-state index contributed by atoms with van der Waals surface area (Å²) in [6, 6.07) is 8.96. The zero-order chi connectivity index (χ0) is 24.0. The van der Waals surface area contributed by atoms with Crippen LogP contribution < -0.4 is 16.1 Å². The fourth-order valence-corrected chi connectivity index (χ4v) is 6.28. The third-order valence-electron chi connectivity index (χ3n) is 8.25. The number of hydrogen-bond donors (Lipinski definition) is 3. The van der Waals surface area contributed by atoms with Crippen LogP contribution >= 0.6 is 0 Å². The van der Waals surface area contributed by atoms with Crippen LogP contribution in [0.25, 0.3) is 0 Å². The summed E-state index contributed by atoms with van der Waals surface area (Å²) in [6.45, 7) is 6.89. The molecule has 182 valence electrons. The van der Waals surface area contributed by atoms with E-state index in [9.17, 15) is 14.9 Å². The van der Waals surface area contributed by atoms with Crippen molar-refractivity contribution in [1.82, 2.24) is 20.7 Å². The molecule has 1 saturated carbocycles. The number of aryl methyl sites for hydroxylation is 1. The molecule has 0 bridgehead atoms. The van der Waals surface area contributed by atoms with Crippen molar-refractivity contribution in [3.8, 4) is 6.07 Å². The second-order valence-electron chi connectivity index (χ2n) is 10.6. The molecule has 6 atom stereocenters. The van der Waals surface area contributed by atoms with Crippen molar-refractivity contribution in [3.63, 3.8) is 0 Å². The summed E-state index contributed by atoms with van der Waals surface area (Å²) in [6.07, 6.45) is 5.48. The Kier molecular flexibility index (Phi) is 6.26. The van der Waals surface area contributed by atoms with E-state index in [4.69, 9.17) is 0 Å². The summed E-state index contributed by atoms with van der Waals surface area (Å²) < 4.78 is 0. The van der Waals surface area contributed by atoms with Crippen LogP contribution in [0.3, 0.4) is 0 Å². The molecule has 0 spiro atoms. The van der Waals surface area contributed by atoms with Crippen LogP contribution in [0.1, 0.15) is 68.3 Å². The molecule has 0 aromatic heterocycles. The van der Waals surface area contributed by atoms with Crippen LogP contribution in [0.5, 0.6) is 0 Å². The molecule has 2 amide bonds. The van der Waals surface area contributed by atoms with E-state index in [-0.39, 0.29) is 48.1 Å². The Morgan fingerprint density at radius 2 is 1.94 bits per heavy atom. The van der Waals surface area contributed by atoms with Crippen molar-refractivity contribution in [2.45, 2.75) is 89.6 Å². The van der Waals surface area contributed by atoms with E-state index in [0.29, 0.717) is 18.9 Å². The molecule has 3 aliphatic heterocycles. The lowest BCUT2D eigenvalue weighted by Crippen LogP contribution is -2.52. The standard InChI is InChI=1S/C26H36N6O2/c1-15-14-19(8-9-20(15)26(34)31-16(2)4-5-17(31)3)29-24-23-22(11-13-28-25(23)33)32(30-24)21(10-12-27)18-6-7-18/h8-9,14,16-18,21-24,29-30H,4-7,10-11,13H2,1-3H3,(H,28,33)/t16-,17-,21+,22?,23?,24?/m1/s1. The van der Waals surface area contributed by atoms with E-state index in [1.54, 1.807) is 0 Å². The van der Waals surface area contributed by atoms with E-state index >= 15 is 0 Å². The van der Waals surface area contributed by atoms with Gasteiger partial charge in [0.25, 0.3) is 5.91 Å². The van der Waals surface area contributed by atoms with Crippen LogP contribution in [0, 0.1) is 30.1 Å². The molecule has 0 radical (unpaired) electrons. The Bertz CT molecular complexity index is 991. The molecule has 1 aromatic rings. The number of rotatable bonds is 6. The molecule has 34 heavy (non-hydrogen) atoms. The van der Waals surface area contributed by atoms with Crippen LogP contribution in [0.2, 0.25) is 0 Å². The monoisotopic (exact) mass is 464 g/mol. The molecule has 1 aliphatic carbocycles. The second-order valence-corrected chi connectivity index (χ2v) is 10.6. The minimum Gasteiger partial charge on any atom is -0.368 e. The average molecular weight is 465 g/mol. The quantitative estimate of drug-likeness (QED) is 0.599. The number of amides is 2. The molecular formula is C26H36N6O2. The van der Waals surface area contributed by atoms with Gasteiger partial charge in [0.2, 0.25) is 5.91 Å². The molecule has 3 heterocycles. The largest absolute Gasteiger partial charge is 0.368 e.